The van der Waals surface area contributed by atoms with E-state index in [9.17, 15) is 33.6 Å². The topological polar surface area (TPSA) is 268 Å². The van der Waals surface area contributed by atoms with Gasteiger partial charge in [-0.1, -0.05) is 13.8 Å². The Balaban J connectivity index is 5.48. The van der Waals surface area contributed by atoms with Crippen molar-refractivity contribution in [2.45, 2.75) is 70.1 Å². The standard InChI is InChI=1S/C19H31N5O10/c1-8(2)15(18(32)23-11(19(33)34)7-14(28)29)24-17(31)10(4-5-12(21)25)22-16(30)9(20)3-6-13(26)27/h8-11,15H,3-7,20H2,1-2H3,(H2,21,25)(H,22,30)(H,23,32)(H,24,31)(H,26,27)(H,28,29)(H,33,34). The zero-order valence-corrected chi connectivity index (χ0v) is 18.8. The fourth-order valence-corrected chi connectivity index (χ4v) is 2.67. The minimum Gasteiger partial charge on any atom is -0.481 e. The summed E-state index contributed by atoms with van der Waals surface area (Å²) < 4.78 is 0. The molecule has 10 N–H and O–H groups in total. The molecule has 15 nitrogen and oxygen atoms in total. The molecule has 0 fully saturated rings. The highest BCUT2D eigenvalue weighted by atomic mass is 16.4. The highest BCUT2D eigenvalue weighted by Gasteiger charge is 2.32. The van der Waals surface area contributed by atoms with Gasteiger partial charge in [-0.3, -0.25) is 28.8 Å². The molecular formula is C19H31N5O10. The number of aliphatic carboxylic acids is 3. The van der Waals surface area contributed by atoms with Crippen LogP contribution in [0.1, 0.15) is 46.0 Å². The van der Waals surface area contributed by atoms with Crippen LogP contribution in [0, 0.1) is 5.92 Å². The van der Waals surface area contributed by atoms with E-state index in [2.05, 4.69) is 10.6 Å². The maximum atomic E-state index is 12.8. The minimum absolute atomic E-state index is 0.220. The quantitative estimate of drug-likeness (QED) is 0.109. The largest absolute Gasteiger partial charge is 0.481 e. The minimum atomic E-state index is -1.75. The summed E-state index contributed by atoms with van der Waals surface area (Å²) in [5.41, 5.74) is 10.7. The van der Waals surface area contributed by atoms with Crippen molar-refractivity contribution >= 4 is 41.5 Å². The first-order valence-electron chi connectivity index (χ1n) is 10.3. The molecule has 0 heterocycles. The SMILES string of the molecule is CC(C)C(NC(=O)C(CCC(N)=O)NC(=O)C(N)CCC(=O)O)C(=O)NC(CC(=O)O)C(=O)O. The Kier molecular flexibility index (Phi) is 12.8. The monoisotopic (exact) mass is 489 g/mol. The summed E-state index contributed by atoms with van der Waals surface area (Å²) in [6, 6.07) is -5.71. The highest BCUT2D eigenvalue weighted by Crippen LogP contribution is 2.07. The van der Waals surface area contributed by atoms with E-state index in [-0.39, 0.29) is 19.3 Å². The summed E-state index contributed by atoms with van der Waals surface area (Å²) in [4.78, 5) is 81.5. The van der Waals surface area contributed by atoms with Crippen molar-refractivity contribution in [3.8, 4) is 0 Å². The first kappa shape index (κ1) is 30.2. The van der Waals surface area contributed by atoms with Crippen LogP contribution in [0.3, 0.4) is 0 Å². The first-order valence-corrected chi connectivity index (χ1v) is 10.3. The fraction of sp³-hybridized carbons (Fsp3) is 0.632. The van der Waals surface area contributed by atoms with Crippen LogP contribution in [-0.2, 0) is 33.6 Å². The first-order chi connectivity index (χ1) is 15.6. The molecule has 0 aromatic carbocycles. The van der Waals surface area contributed by atoms with Crippen molar-refractivity contribution in [2.24, 2.45) is 17.4 Å². The predicted molar refractivity (Wildman–Crippen MR) is 114 cm³/mol. The molecule has 4 unspecified atom stereocenters. The lowest BCUT2D eigenvalue weighted by atomic mass is 10.0. The summed E-state index contributed by atoms with van der Waals surface area (Å²) in [5, 5.41) is 33.3. The Hall–Kier alpha value is -3.75. The van der Waals surface area contributed by atoms with Gasteiger partial charge in [0.2, 0.25) is 23.6 Å². The Morgan fingerprint density at radius 2 is 1.29 bits per heavy atom. The van der Waals surface area contributed by atoms with E-state index in [0.29, 0.717) is 0 Å². The second kappa shape index (κ2) is 14.4. The molecule has 0 aromatic heterocycles. The van der Waals surface area contributed by atoms with Crippen LogP contribution in [0.15, 0.2) is 0 Å². The maximum absolute atomic E-state index is 12.8. The molecule has 0 rings (SSSR count). The normalized spacial score (nSPS) is 14.2. The average Bonchev–Trinajstić information content (AvgIpc) is 2.71. The zero-order valence-electron chi connectivity index (χ0n) is 18.8. The molecule has 192 valence electrons. The van der Waals surface area contributed by atoms with Crippen LogP contribution < -0.4 is 27.4 Å². The second-order valence-electron chi connectivity index (χ2n) is 7.83. The van der Waals surface area contributed by atoms with Crippen molar-refractivity contribution < 1.29 is 48.9 Å². The van der Waals surface area contributed by atoms with Gasteiger partial charge in [-0.2, -0.15) is 0 Å². The maximum Gasteiger partial charge on any atom is 0.326 e. The number of nitrogens with one attached hydrogen (secondary N) is 3. The summed E-state index contributed by atoms with van der Waals surface area (Å²) in [6.45, 7) is 3.05. The fourth-order valence-electron chi connectivity index (χ4n) is 2.67. The average molecular weight is 489 g/mol. The van der Waals surface area contributed by atoms with Crippen LogP contribution in [0.2, 0.25) is 0 Å². The number of rotatable bonds is 16. The molecule has 0 saturated heterocycles. The molecule has 15 heteroatoms. The third-order valence-electron chi connectivity index (χ3n) is 4.56. The van der Waals surface area contributed by atoms with Crippen LogP contribution in [0.4, 0.5) is 0 Å². The van der Waals surface area contributed by atoms with Gasteiger partial charge in [-0.25, -0.2) is 4.79 Å². The molecule has 0 saturated carbocycles. The third-order valence-corrected chi connectivity index (χ3v) is 4.56. The van der Waals surface area contributed by atoms with Gasteiger partial charge < -0.3 is 42.7 Å². The summed E-state index contributed by atoms with van der Waals surface area (Å²) >= 11 is 0. The van der Waals surface area contributed by atoms with E-state index in [1.165, 1.54) is 13.8 Å². The molecule has 0 radical (unpaired) electrons. The molecule has 0 bridgehead atoms. The Morgan fingerprint density at radius 1 is 0.735 bits per heavy atom. The van der Waals surface area contributed by atoms with Gasteiger partial charge in [0.1, 0.15) is 18.1 Å². The van der Waals surface area contributed by atoms with Crippen molar-refractivity contribution in [2.75, 3.05) is 0 Å². The number of amides is 4. The van der Waals surface area contributed by atoms with E-state index in [0.717, 1.165) is 0 Å². The van der Waals surface area contributed by atoms with Gasteiger partial charge in [-0.05, 0) is 18.8 Å². The Morgan fingerprint density at radius 3 is 1.74 bits per heavy atom. The van der Waals surface area contributed by atoms with Gasteiger partial charge in [0.25, 0.3) is 0 Å². The number of hydrogen-bond acceptors (Lipinski definition) is 8. The predicted octanol–water partition coefficient (Wildman–Crippen LogP) is -2.89. The van der Waals surface area contributed by atoms with Crippen molar-refractivity contribution in [3.05, 3.63) is 0 Å². The summed E-state index contributed by atoms with van der Waals surface area (Å²) in [7, 11) is 0. The molecule has 0 aliphatic rings. The van der Waals surface area contributed by atoms with Crippen molar-refractivity contribution in [3.63, 3.8) is 0 Å². The number of nitrogens with two attached hydrogens (primary N) is 2. The van der Waals surface area contributed by atoms with Crippen LogP contribution in [0.5, 0.6) is 0 Å². The number of carbonyl (C=O) groups excluding carboxylic acids is 4. The van der Waals surface area contributed by atoms with Crippen LogP contribution in [-0.4, -0.2) is 81.0 Å². The third kappa shape index (κ3) is 11.8. The lowest BCUT2D eigenvalue weighted by Crippen LogP contribution is -2.58. The van der Waals surface area contributed by atoms with Crippen molar-refractivity contribution in [1.29, 1.82) is 0 Å². The molecule has 0 aliphatic carbocycles. The van der Waals surface area contributed by atoms with Gasteiger partial charge >= 0.3 is 17.9 Å². The molecule has 34 heavy (non-hydrogen) atoms. The van der Waals surface area contributed by atoms with Crippen LogP contribution >= 0.6 is 0 Å². The smallest absolute Gasteiger partial charge is 0.326 e. The molecule has 0 spiro atoms. The highest BCUT2D eigenvalue weighted by molar-refractivity contribution is 5.95. The number of primary amides is 1. The van der Waals surface area contributed by atoms with Gasteiger partial charge in [-0.15, -0.1) is 0 Å². The van der Waals surface area contributed by atoms with Crippen molar-refractivity contribution in [1.82, 2.24) is 16.0 Å². The zero-order chi connectivity index (χ0) is 26.6. The van der Waals surface area contributed by atoms with E-state index < -0.39 is 84.5 Å². The number of carboxylic acid groups (broad SMARTS) is 3. The van der Waals surface area contributed by atoms with E-state index in [4.69, 9.17) is 26.8 Å². The number of carboxylic acids is 3. The lowest BCUT2D eigenvalue weighted by Gasteiger charge is -2.26. The number of carbonyl (C=O) groups is 7. The van der Waals surface area contributed by atoms with E-state index in [1.54, 1.807) is 0 Å². The van der Waals surface area contributed by atoms with Gasteiger partial charge in [0.15, 0.2) is 0 Å². The van der Waals surface area contributed by atoms with E-state index in [1.807, 2.05) is 5.32 Å². The number of hydrogen-bond donors (Lipinski definition) is 8. The van der Waals surface area contributed by atoms with E-state index >= 15 is 0 Å². The molecule has 4 atom stereocenters. The molecule has 4 amide bonds. The van der Waals surface area contributed by atoms with Gasteiger partial charge in [0, 0.05) is 12.8 Å². The van der Waals surface area contributed by atoms with Crippen LogP contribution in [0.25, 0.3) is 0 Å². The molecular weight excluding hydrogens is 458 g/mol. The molecule has 0 aromatic rings. The second-order valence-corrected chi connectivity index (χ2v) is 7.83. The molecule has 0 aliphatic heterocycles. The Labute approximate surface area is 194 Å². The summed E-state index contributed by atoms with van der Waals surface area (Å²) in [6.07, 6.45) is -2.10. The van der Waals surface area contributed by atoms with Gasteiger partial charge in [0.05, 0.1) is 12.5 Å². The summed E-state index contributed by atoms with van der Waals surface area (Å²) in [5.74, 6) is -8.37. The lowest BCUT2D eigenvalue weighted by molar-refractivity contribution is -0.147. The Bertz CT molecular complexity index is 800.